The largest absolute Gasteiger partial charge is 0.355 e. The van der Waals surface area contributed by atoms with E-state index in [1.165, 1.54) is 17.5 Å². The molecule has 4 aromatic rings. The zero-order chi connectivity index (χ0) is 27.0. The molecule has 1 aromatic heterocycles. The van der Waals surface area contributed by atoms with Gasteiger partial charge in [-0.1, -0.05) is 91.0 Å². The number of nitro groups is 1. The Labute approximate surface area is 226 Å². The molecule has 0 bridgehead atoms. The van der Waals surface area contributed by atoms with Crippen LogP contribution in [-0.4, -0.2) is 51.9 Å². The molecular formula is C29H29N7O3. The van der Waals surface area contributed by atoms with E-state index < -0.39 is 4.92 Å². The standard InChI is InChI=1S/C29H29N7O3/c37-25(20-22-10-4-1-5-11-22)32-33-28-27(36(38)39)29(31-21-30-28)35-18-16-34(17-19-35)26(23-12-6-2-7-13-23)24-14-8-3-9-15-24/h1-15,21,26H,16-20H2,(H,32,37)(H,30,31,33). The fourth-order valence-corrected chi connectivity index (χ4v) is 4.89. The van der Waals surface area contributed by atoms with E-state index in [4.69, 9.17) is 0 Å². The van der Waals surface area contributed by atoms with Gasteiger partial charge in [-0.2, -0.15) is 0 Å². The van der Waals surface area contributed by atoms with Crippen molar-refractivity contribution in [3.63, 3.8) is 0 Å². The molecule has 1 aliphatic rings. The molecule has 2 N–H and O–H groups in total. The van der Waals surface area contributed by atoms with E-state index in [2.05, 4.69) is 50.0 Å². The molecule has 0 unspecified atom stereocenters. The minimum absolute atomic E-state index is 0.0553. The van der Waals surface area contributed by atoms with Crippen LogP contribution in [0.15, 0.2) is 97.3 Å². The Hall–Kier alpha value is -4.83. The fraction of sp³-hybridized carbons (Fsp3) is 0.207. The number of piperazine rings is 1. The number of carbonyl (C=O) groups excluding carboxylic acids is 1. The molecular weight excluding hydrogens is 494 g/mol. The molecule has 39 heavy (non-hydrogen) atoms. The summed E-state index contributed by atoms with van der Waals surface area (Å²) in [6.45, 7) is 2.47. The summed E-state index contributed by atoms with van der Waals surface area (Å²) >= 11 is 0. The Balaban J connectivity index is 1.30. The molecule has 0 spiro atoms. The molecule has 10 heteroatoms. The Bertz CT molecular complexity index is 1360. The van der Waals surface area contributed by atoms with Crippen LogP contribution < -0.4 is 15.8 Å². The second kappa shape index (κ2) is 12.1. The normalized spacial score (nSPS) is 13.7. The Morgan fingerprint density at radius 2 is 1.41 bits per heavy atom. The molecule has 0 radical (unpaired) electrons. The van der Waals surface area contributed by atoms with Crippen molar-refractivity contribution in [1.82, 2.24) is 20.3 Å². The molecule has 1 fully saturated rings. The van der Waals surface area contributed by atoms with Crippen molar-refractivity contribution in [2.24, 2.45) is 0 Å². The number of nitrogens with zero attached hydrogens (tertiary/aromatic N) is 5. The third-order valence-electron chi connectivity index (χ3n) is 6.72. The molecule has 3 aromatic carbocycles. The first-order valence-corrected chi connectivity index (χ1v) is 12.8. The van der Waals surface area contributed by atoms with Crippen LogP contribution in [-0.2, 0) is 11.2 Å². The van der Waals surface area contributed by atoms with E-state index in [0.717, 1.165) is 5.56 Å². The number of carbonyl (C=O) groups is 1. The van der Waals surface area contributed by atoms with Crippen LogP contribution in [0, 0.1) is 10.1 Å². The van der Waals surface area contributed by atoms with Gasteiger partial charge in [0.25, 0.3) is 0 Å². The van der Waals surface area contributed by atoms with Crippen LogP contribution in [0.5, 0.6) is 0 Å². The van der Waals surface area contributed by atoms with Gasteiger partial charge in [0, 0.05) is 26.2 Å². The van der Waals surface area contributed by atoms with Crippen molar-refractivity contribution in [3.05, 3.63) is 124 Å². The maximum absolute atomic E-state index is 12.4. The minimum Gasteiger partial charge on any atom is -0.348 e. The van der Waals surface area contributed by atoms with Crippen LogP contribution in [0.25, 0.3) is 0 Å². The summed E-state index contributed by atoms with van der Waals surface area (Å²) in [7, 11) is 0. The van der Waals surface area contributed by atoms with E-state index in [9.17, 15) is 14.9 Å². The summed E-state index contributed by atoms with van der Waals surface area (Å²) in [6.07, 6.45) is 1.41. The molecule has 0 atom stereocenters. The van der Waals surface area contributed by atoms with Gasteiger partial charge in [-0.3, -0.25) is 30.7 Å². The zero-order valence-electron chi connectivity index (χ0n) is 21.3. The average Bonchev–Trinajstić information content (AvgIpc) is 2.98. The van der Waals surface area contributed by atoms with Gasteiger partial charge in [-0.25, -0.2) is 9.97 Å². The second-order valence-electron chi connectivity index (χ2n) is 9.23. The summed E-state index contributed by atoms with van der Waals surface area (Å²) in [6, 6.07) is 30.0. The van der Waals surface area contributed by atoms with E-state index in [1.807, 2.05) is 71.6 Å². The first kappa shape index (κ1) is 25.8. The van der Waals surface area contributed by atoms with Crippen molar-refractivity contribution in [2.75, 3.05) is 36.5 Å². The maximum atomic E-state index is 12.4. The van der Waals surface area contributed by atoms with Gasteiger partial charge in [-0.05, 0) is 16.7 Å². The zero-order valence-corrected chi connectivity index (χ0v) is 21.3. The highest BCUT2D eigenvalue weighted by Crippen LogP contribution is 2.34. The van der Waals surface area contributed by atoms with Gasteiger partial charge in [0.1, 0.15) is 6.33 Å². The molecule has 0 aliphatic carbocycles. The van der Waals surface area contributed by atoms with Crippen LogP contribution >= 0.6 is 0 Å². The lowest BCUT2D eigenvalue weighted by Gasteiger charge is -2.40. The molecule has 2 heterocycles. The smallest absolute Gasteiger partial charge is 0.348 e. The number of anilines is 2. The van der Waals surface area contributed by atoms with Crippen molar-refractivity contribution in [1.29, 1.82) is 0 Å². The predicted octanol–water partition coefficient (Wildman–Crippen LogP) is 3.98. The lowest BCUT2D eigenvalue weighted by atomic mass is 9.96. The van der Waals surface area contributed by atoms with Crippen LogP contribution in [0.4, 0.5) is 17.3 Å². The number of amides is 1. The highest BCUT2D eigenvalue weighted by Gasteiger charge is 2.32. The minimum atomic E-state index is -0.510. The number of hydrogen-bond acceptors (Lipinski definition) is 8. The van der Waals surface area contributed by atoms with Gasteiger partial charge in [0.05, 0.1) is 17.4 Å². The van der Waals surface area contributed by atoms with E-state index in [0.29, 0.717) is 26.2 Å². The van der Waals surface area contributed by atoms with Crippen LogP contribution in [0.3, 0.4) is 0 Å². The number of aromatic nitrogens is 2. The lowest BCUT2D eigenvalue weighted by Crippen LogP contribution is -2.48. The fourth-order valence-electron chi connectivity index (χ4n) is 4.89. The maximum Gasteiger partial charge on any atom is 0.355 e. The van der Waals surface area contributed by atoms with Crippen molar-refractivity contribution >= 4 is 23.2 Å². The summed E-state index contributed by atoms with van der Waals surface area (Å²) in [5, 5.41) is 12.1. The van der Waals surface area contributed by atoms with E-state index in [-0.39, 0.29) is 35.7 Å². The highest BCUT2D eigenvalue weighted by atomic mass is 16.6. The third-order valence-corrected chi connectivity index (χ3v) is 6.72. The number of benzene rings is 3. The lowest BCUT2D eigenvalue weighted by molar-refractivity contribution is -0.383. The molecule has 0 saturated carbocycles. The Kier molecular flexibility index (Phi) is 8.03. The summed E-state index contributed by atoms with van der Waals surface area (Å²) in [5.41, 5.74) is 8.11. The van der Waals surface area contributed by atoms with E-state index >= 15 is 0 Å². The van der Waals surface area contributed by atoms with Crippen LogP contribution in [0.2, 0.25) is 0 Å². The molecule has 1 amide bonds. The Morgan fingerprint density at radius 1 is 0.846 bits per heavy atom. The van der Waals surface area contributed by atoms with Crippen molar-refractivity contribution in [2.45, 2.75) is 12.5 Å². The molecule has 198 valence electrons. The number of hydrazine groups is 1. The molecule has 1 saturated heterocycles. The van der Waals surface area contributed by atoms with Gasteiger partial charge in [0.2, 0.25) is 17.5 Å². The van der Waals surface area contributed by atoms with E-state index in [1.54, 1.807) is 0 Å². The SMILES string of the molecule is O=C(Cc1ccccc1)NNc1ncnc(N2CCN(C(c3ccccc3)c3ccccc3)CC2)c1[N+](=O)[O-]. The summed E-state index contributed by atoms with van der Waals surface area (Å²) in [5.74, 6) is -0.164. The van der Waals surface area contributed by atoms with Crippen molar-refractivity contribution in [3.8, 4) is 0 Å². The summed E-state index contributed by atoms with van der Waals surface area (Å²) < 4.78 is 0. The van der Waals surface area contributed by atoms with Crippen LogP contribution in [0.1, 0.15) is 22.7 Å². The predicted molar refractivity (Wildman–Crippen MR) is 149 cm³/mol. The summed E-state index contributed by atoms with van der Waals surface area (Å²) in [4.78, 5) is 36.6. The molecule has 10 nitrogen and oxygen atoms in total. The topological polar surface area (TPSA) is 117 Å². The van der Waals surface area contributed by atoms with Gasteiger partial charge in [-0.15, -0.1) is 0 Å². The van der Waals surface area contributed by atoms with Crippen molar-refractivity contribution < 1.29 is 9.72 Å². The first-order valence-electron chi connectivity index (χ1n) is 12.8. The van der Waals surface area contributed by atoms with Gasteiger partial charge < -0.3 is 4.90 Å². The Morgan fingerprint density at radius 3 is 1.97 bits per heavy atom. The first-order chi connectivity index (χ1) is 19.1. The second-order valence-corrected chi connectivity index (χ2v) is 9.23. The highest BCUT2D eigenvalue weighted by molar-refractivity contribution is 5.81. The number of rotatable bonds is 9. The number of nitrogens with one attached hydrogen (secondary N) is 2. The third kappa shape index (κ3) is 6.19. The molecule has 5 rings (SSSR count). The quantitative estimate of drug-likeness (QED) is 0.250. The van der Waals surface area contributed by atoms with Gasteiger partial charge >= 0.3 is 5.69 Å². The number of hydrogen-bond donors (Lipinski definition) is 2. The monoisotopic (exact) mass is 523 g/mol. The molecule has 1 aliphatic heterocycles. The van der Waals surface area contributed by atoms with Gasteiger partial charge in [0.15, 0.2) is 0 Å². The average molecular weight is 524 g/mol.